The van der Waals surface area contributed by atoms with Crippen molar-refractivity contribution >= 4 is 23.4 Å². The number of aromatic nitrogens is 2. The normalized spacial score (nSPS) is 14.2. The Bertz CT molecular complexity index is 908. The van der Waals surface area contributed by atoms with Gasteiger partial charge >= 0.3 is 0 Å². The van der Waals surface area contributed by atoms with Crippen LogP contribution in [0.4, 0.5) is 5.69 Å². The molecule has 0 fully saturated rings. The number of nitrogens with one attached hydrogen (secondary N) is 1. The molecule has 1 aliphatic heterocycles. The molecule has 3 amide bonds. The van der Waals surface area contributed by atoms with Crippen LogP contribution in [-0.4, -0.2) is 33.5 Å². The number of carbonyl (C=O) groups is 3. The van der Waals surface area contributed by atoms with Crippen LogP contribution < -0.4 is 10.2 Å². The topological polar surface area (TPSA) is 92.3 Å². The van der Waals surface area contributed by atoms with E-state index in [1.165, 1.54) is 12.4 Å². The molecule has 2 heterocycles. The molecule has 3 rings (SSSR count). The SMILES string of the molecule is CC(C)(C)CC(C)(C)NC(=O)c1ccc(N2C(=O)c3cnncc3C2=O)cc1. The first-order valence-corrected chi connectivity index (χ1v) is 9.11. The van der Waals surface area contributed by atoms with Crippen molar-refractivity contribution in [3.05, 3.63) is 53.3 Å². The van der Waals surface area contributed by atoms with E-state index in [0.717, 1.165) is 11.3 Å². The summed E-state index contributed by atoms with van der Waals surface area (Å²) >= 11 is 0. The fraction of sp³-hybridized carbons (Fsp3) is 0.381. The second kappa shape index (κ2) is 6.82. The number of benzene rings is 1. The summed E-state index contributed by atoms with van der Waals surface area (Å²) in [5.74, 6) is -1.09. The maximum Gasteiger partial charge on any atom is 0.267 e. The lowest BCUT2D eigenvalue weighted by Gasteiger charge is -2.33. The van der Waals surface area contributed by atoms with E-state index in [0.29, 0.717) is 11.3 Å². The van der Waals surface area contributed by atoms with Crippen LogP contribution in [0.2, 0.25) is 0 Å². The van der Waals surface area contributed by atoms with E-state index in [-0.39, 0.29) is 28.0 Å². The van der Waals surface area contributed by atoms with Crippen LogP contribution in [0.25, 0.3) is 0 Å². The first kappa shape index (κ1) is 19.7. The van der Waals surface area contributed by atoms with Crippen molar-refractivity contribution < 1.29 is 14.4 Å². The van der Waals surface area contributed by atoms with Crippen LogP contribution in [0.3, 0.4) is 0 Å². The van der Waals surface area contributed by atoms with Crippen molar-refractivity contribution in [1.82, 2.24) is 15.5 Å². The van der Waals surface area contributed by atoms with Gasteiger partial charge in [0.2, 0.25) is 0 Å². The van der Waals surface area contributed by atoms with E-state index in [2.05, 4.69) is 36.3 Å². The highest BCUT2D eigenvalue weighted by molar-refractivity contribution is 6.34. The van der Waals surface area contributed by atoms with Gasteiger partial charge in [-0.3, -0.25) is 14.4 Å². The van der Waals surface area contributed by atoms with Crippen LogP contribution in [0.15, 0.2) is 36.7 Å². The molecule has 1 aromatic heterocycles. The van der Waals surface area contributed by atoms with Crippen LogP contribution in [0.5, 0.6) is 0 Å². The maximum atomic E-state index is 12.6. The summed E-state index contributed by atoms with van der Waals surface area (Å²) in [4.78, 5) is 38.7. The molecule has 0 aliphatic carbocycles. The lowest BCUT2D eigenvalue weighted by atomic mass is 9.81. The monoisotopic (exact) mass is 380 g/mol. The molecule has 0 bridgehead atoms. The molecule has 0 saturated carbocycles. The van der Waals surface area contributed by atoms with E-state index in [1.807, 2.05) is 13.8 Å². The molecule has 7 heteroatoms. The number of hydrogen-bond donors (Lipinski definition) is 1. The van der Waals surface area contributed by atoms with Gasteiger partial charge in [-0.1, -0.05) is 20.8 Å². The van der Waals surface area contributed by atoms with Gasteiger partial charge in [-0.05, 0) is 49.9 Å². The Hall–Kier alpha value is -3.09. The summed E-state index contributed by atoms with van der Waals surface area (Å²) in [6, 6.07) is 6.40. The third-order valence-electron chi connectivity index (χ3n) is 4.41. The smallest absolute Gasteiger partial charge is 0.267 e. The number of rotatable bonds is 4. The molecule has 0 saturated heterocycles. The van der Waals surface area contributed by atoms with Crippen LogP contribution >= 0.6 is 0 Å². The average molecular weight is 380 g/mol. The second-order valence-electron chi connectivity index (χ2n) is 8.88. The molecule has 2 aromatic rings. The van der Waals surface area contributed by atoms with Crippen LogP contribution in [0.1, 0.15) is 72.1 Å². The Balaban J connectivity index is 1.77. The Labute approximate surface area is 164 Å². The number of anilines is 1. The van der Waals surface area contributed by atoms with Crippen molar-refractivity contribution in [2.75, 3.05) is 4.90 Å². The second-order valence-corrected chi connectivity index (χ2v) is 8.88. The van der Waals surface area contributed by atoms with Gasteiger partial charge in [-0.25, -0.2) is 4.90 Å². The van der Waals surface area contributed by atoms with Gasteiger partial charge in [0, 0.05) is 11.1 Å². The van der Waals surface area contributed by atoms with E-state index in [9.17, 15) is 14.4 Å². The molecule has 146 valence electrons. The number of amides is 3. The third kappa shape index (κ3) is 3.93. The molecular formula is C21H24N4O3. The zero-order valence-electron chi connectivity index (χ0n) is 16.7. The predicted molar refractivity (Wildman–Crippen MR) is 105 cm³/mol. The molecule has 28 heavy (non-hydrogen) atoms. The summed E-state index contributed by atoms with van der Waals surface area (Å²) in [5.41, 5.74) is 1.03. The lowest BCUT2D eigenvalue weighted by molar-refractivity contribution is 0.0888. The Morgan fingerprint density at radius 3 is 1.89 bits per heavy atom. The maximum absolute atomic E-state index is 12.6. The van der Waals surface area contributed by atoms with E-state index in [4.69, 9.17) is 0 Å². The van der Waals surface area contributed by atoms with Gasteiger partial charge in [0.25, 0.3) is 17.7 Å². The summed E-state index contributed by atoms with van der Waals surface area (Å²) in [6.07, 6.45) is 3.39. The zero-order chi connectivity index (χ0) is 20.7. The minimum Gasteiger partial charge on any atom is -0.347 e. The minimum atomic E-state index is -0.446. The number of imide groups is 1. The van der Waals surface area contributed by atoms with Crippen molar-refractivity contribution in [2.24, 2.45) is 5.41 Å². The van der Waals surface area contributed by atoms with Gasteiger partial charge in [-0.2, -0.15) is 10.2 Å². The molecule has 1 aliphatic rings. The van der Waals surface area contributed by atoms with Gasteiger partial charge in [0.15, 0.2) is 0 Å². The first-order chi connectivity index (χ1) is 13.0. The quantitative estimate of drug-likeness (QED) is 0.822. The Morgan fingerprint density at radius 1 is 0.929 bits per heavy atom. The summed E-state index contributed by atoms with van der Waals surface area (Å²) in [6.45, 7) is 10.4. The first-order valence-electron chi connectivity index (χ1n) is 9.11. The molecule has 7 nitrogen and oxygen atoms in total. The van der Waals surface area contributed by atoms with Gasteiger partial charge in [0.05, 0.1) is 29.2 Å². The summed E-state index contributed by atoms with van der Waals surface area (Å²) < 4.78 is 0. The Kier molecular flexibility index (Phi) is 4.79. The Morgan fingerprint density at radius 2 is 1.43 bits per heavy atom. The van der Waals surface area contributed by atoms with Gasteiger partial charge < -0.3 is 5.32 Å². The lowest BCUT2D eigenvalue weighted by Crippen LogP contribution is -2.45. The molecule has 0 radical (unpaired) electrons. The van der Waals surface area contributed by atoms with E-state index in [1.54, 1.807) is 24.3 Å². The van der Waals surface area contributed by atoms with Crippen LogP contribution in [-0.2, 0) is 0 Å². The van der Waals surface area contributed by atoms with Crippen molar-refractivity contribution in [3.63, 3.8) is 0 Å². The van der Waals surface area contributed by atoms with Gasteiger partial charge in [-0.15, -0.1) is 0 Å². The molecule has 1 aromatic carbocycles. The highest BCUT2D eigenvalue weighted by atomic mass is 16.2. The average Bonchev–Trinajstić information content (AvgIpc) is 2.84. The number of carbonyl (C=O) groups excluding carboxylic acids is 3. The number of hydrogen-bond acceptors (Lipinski definition) is 5. The number of fused-ring (bicyclic) bond motifs is 1. The molecular weight excluding hydrogens is 356 g/mol. The van der Waals surface area contributed by atoms with Crippen molar-refractivity contribution in [2.45, 2.75) is 46.6 Å². The number of nitrogens with zero attached hydrogens (tertiary/aromatic N) is 3. The highest BCUT2D eigenvalue weighted by Gasteiger charge is 2.37. The van der Waals surface area contributed by atoms with Crippen LogP contribution in [0, 0.1) is 5.41 Å². The minimum absolute atomic E-state index is 0.0792. The standard InChI is InChI=1S/C21H24N4O3/c1-20(2,3)12-21(4,5)24-17(26)13-6-8-14(9-7-13)25-18(27)15-10-22-23-11-16(15)19(25)28/h6-11H,12H2,1-5H3,(H,24,26). The fourth-order valence-corrected chi connectivity index (χ4v) is 3.74. The fourth-order valence-electron chi connectivity index (χ4n) is 3.74. The molecule has 0 atom stereocenters. The van der Waals surface area contributed by atoms with E-state index < -0.39 is 11.8 Å². The molecule has 0 unspecified atom stereocenters. The molecule has 1 N–H and O–H groups in total. The van der Waals surface area contributed by atoms with Gasteiger partial charge in [0.1, 0.15) is 0 Å². The third-order valence-corrected chi connectivity index (χ3v) is 4.41. The summed E-state index contributed by atoms with van der Waals surface area (Å²) in [7, 11) is 0. The van der Waals surface area contributed by atoms with Crippen molar-refractivity contribution in [1.29, 1.82) is 0 Å². The predicted octanol–water partition coefficient (Wildman–Crippen LogP) is 3.22. The highest BCUT2D eigenvalue weighted by Crippen LogP contribution is 2.29. The zero-order valence-corrected chi connectivity index (χ0v) is 16.7. The molecule has 0 spiro atoms. The van der Waals surface area contributed by atoms with E-state index >= 15 is 0 Å². The van der Waals surface area contributed by atoms with Crippen molar-refractivity contribution in [3.8, 4) is 0 Å². The largest absolute Gasteiger partial charge is 0.347 e. The summed E-state index contributed by atoms with van der Waals surface area (Å²) in [5, 5.41) is 10.4.